The fraction of sp³-hybridized carbons (Fsp3) is 0.571. The van der Waals surface area contributed by atoms with Crippen LogP contribution in [-0.2, 0) is 14.4 Å². The third kappa shape index (κ3) is 380. The first kappa shape index (κ1) is 22.6. The van der Waals surface area contributed by atoms with Crippen molar-refractivity contribution >= 4 is 17.7 Å². The van der Waals surface area contributed by atoms with Gasteiger partial charge >= 0.3 is 0 Å². The Morgan fingerprint density at radius 2 is 0.769 bits per heavy atom. The first-order valence-corrected chi connectivity index (χ1v) is 3.06. The number of carbonyl (C=O) groups is 3. The Balaban J connectivity index is -0.0000000450. The van der Waals surface area contributed by atoms with Crippen LogP contribution in [0.1, 0.15) is 27.7 Å². The molecule has 0 aliphatic carbocycles. The minimum Gasteiger partial charge on any atom is -0.481 e. The van der Waals surface area contributed by atoms with Gasteiger partial charge in [-0.15, -0.1) is 0 Å². The highest BCUT2D eigenvalue weighted by molar-refractivity contribution is 5.72. The Hall–Kier alpha value is -1.43. The van der Waals surface area contributed by atoms with E-state index in [1.807, 2.05) is 0 Å². The van der Waals surface area contributed by atoms with E-state index < -0.39 is 11.9 Å². The molecule has 0 amide bonds. The van der Waals surface area contributed by atoms with Gasteiger partial charge in [0.2, 0.25) is 0 Å². The lowest BCUT2D eigenvalue weighted by Gasteiger charge is -1.59. The Labute approximate surface area is 76.5 Å². The van der Waals surface area contributed by atoms with Crippen molar-refractivity contribution < 1.29 is 30.1 Å². The van der Waals surface area contributed by atoms with E-state index >= 15 is 0 Å². The number of carboxylic acids is 2. The Bertz CT molecular complexity index is 111. The summed E-state index contributed by atoms with van der Waals surface area (Å²) in [5, 5.41) is 14.8. The molecule has 6 heteroatoms. The van der Waals surface area contributed by atoms with Crippen molar-refractivity contribution in [3.63, 3.8) is 0 Å². The minimum atomic E-state index is -0.833. The van der Waals surface area contributed by atoms with Gasteiger partial charge in [0, 0.05) is 13.8 Å². The molecule has 13 heavy (non-hydrogen) atoms. The molecule has 0 aliphatic heterocycles. The number of aliphatic carboxylic acids is 2. The van der Waals surface area contributed by atoms with Crippen LogP contribution in [-0.4, -0.2) is 33.4 Å². The molecule has 0 rings (SSSR count). The predicted octanol–water partition coefficient (Wildman–Crippen LogP) is -0.0476. The SMILES string of the molecule is CC(=O)O.CC(=O)O.CC(C)=O.O. The molecule has 0 aromatic carbocycles. The third-order valence-corrected chi connectivity index (χ3v) is 0. The maximum atomic E-state index is 9.44. The second kappa shape index (κ2) is 16.9. The first-order valence-electron chi connectivity index (χ1n) is 3.06. The summed E-state index contributed by atoms with van der Waals surface area (Å²) in [6, 6.07) is 0. The van der Waals surface area contributed by atoms with Gasteiger partial charge in [-0.2, -0.15) is 0 Å². The highest BCUT2D eigenvalue weighted by atomic mass is 16.4. The van der Waals surface area contributed by atoms with Crippen molar-refractivity contribution in [1.29, 1.82) is 0 Å². The van der Waals surface area contributed by atoms with Crippen molar-refractivity contribution in [3.05, 3.63) is 0 Å². The molecule has 0 spiro atoms. The fourth-order valence-electron chi connectivity index (χ4n) is 0. The molecular weight excluding hydrogens is 180 g/mol. The zero-order valence-corrected chi connectivity index (χ0v) is 8.12. The molecule has 0 aromatic heterocycles. The normalized spacial score (nSPS) is 5.85. The standard InChI is InChI=1S/C3H6O.2C2H4O2.H2O/c1-3(2)4;2*1-2(3)4;/h1-2H3;2*1H3,(H,3,4);1H2. The van der Waals surface area contributed by atoms with E-state index in [2.05, 4.69) is 0 Å². The predicted molar refractivity (Wildman–Crippen MR) is 46.6 cm³/mol. The van der Waals surface area contributed by atoms with Gasteiger partial charge in [-0.25, -0.2) is 0 Å². The van der Waals surface area contributed by atoms with Crippen LogP contribution in [0.5, 0.6) is 0 Å². The summed E-state index contributed by atoms with van der Waals surface area (Å²) in [6.07, 6.45) is 0. The van der Waals surface area contributed by atoms with Crippen molar-refractivity contribution in [2.45, 2.75) is 27.7 Å². The number of hydrogen-bond acceptors (Lipinski definition) is 3. The molecular formula is C7H16O6. The van der Waals surface area contributed by atoms with Crippen molar-refractivity contribution in [1.82, 2.24) is 0 Å². The van der Waals surface area contributed by atoms with Crippen molar-refractivity contribution in [2.24, 2.45) is 0 Å². The van der Waals surface area contributed by atoms with Crippen LogP contribution < -0.4 is 0 Å². The van der Waals surface area contributed by atoms with Crippen molar-refractivity contribution in [2.75, 3.05) is 0 Å². The van der Waals surface area contributed by atoms with Gasteiger partial charge in [0.15, 0.2) is 0 Å². The summed E-state index contributed by atoms with van der Waals surface area (Å²) in [4.78, 5) is 27.4. The third-order valence-electron chi connectivity index (χ3n) is 0. The molecule has 0 heterocycles. The number of hydrogen-bond donors (Lipinski definition) is 2. The minimum absolute atomic E-state index is 0. The van der Waals surface area contributed by atoms with E-state index in [-0.39, 0.29) is 11.3 Å². The Morgan fingerprint density at radius 3 is 0.769 bits per heavy atom. The Morgan fingerprint density at radius 1 is 0.769 bits per heavy atom. The number of carbonyl (C=O) groups excluding carboxylic acids is 1. The molecule has 0 unspecified atom stereocenters. The molecule has 0 saturated heterocycles. The van der Waals surface area contributed by atoms with Gasteiger partial charge < -0.3 is 20.5 Å². The van der Waals surface area contributed by atoms with Gasteiger partial charge in [0.25, 0.3) is 11.9 Å². The first-order chi connectivity index (χ1) is 5.20. The largest absolute Gasteiger partial charge is 0.481 e. The maximum Gasteiger partial charge on any atom is 0.300 e. The van der Waals surface area contributed by atoms with Crippen LogP contribution in [0.4, 0.5) is 0 Å². The van der Waals surface area contributed by atoms with E-state index in [1.165, 1.54) is 13.8 Å². The number of rotatable bonds is 0. The molecule has 6 nitrogen and oxygen atoms in total. The second-order valence-corrected chi connectivity index (χ2v) is 1.95. The molecule has 0 aromatic rings. The summed E-state index contributed by atoms with van der Waals surface area (Å²) < 4.78 is 0. The summed E-state index contributed by atoms with van der Waals surface area (Å²) in [5.74, 6) is -1.50. The van der Waals surface area contributed by atoms with Gasteiger partial charge in [-0.1, -0.05) is 0 Å². The smallest absolute Gasteiger partial charge is 0.300 e. The quantitative estimate of drug-likeness (QED) is 0.562. The lowest BCUT2D eigenvalue weighted by atomic mass is 10.6. The van der Waals surface area contributed by atoms with Gasteiger partial charge in [-0.05, 0) is 13.8 Å². The zero-order valence-electron chi connectivity index (χ0n) is 8.12. The van der Waals surface area contributed by atoms with E-state index in [9.17, 15) is 4.79 Å². The van der Waals surface area contributed by atoms with Crippen LogP contribution in [0.3, 0.4) is 0 Å². The summed E-state index contributed by atoms with van der Waals surface area (Å²) in [7, 11) is 0. The van der Waals surface area contributed by atoms with Crippen molar-refractivity contribution in [3.8, 4) is 0 Å². The van der Waals surface area contributed by atoms with Gasteiger partial charge in [0.05, 0.1) is 0 Å². The van der Waals surface area contributed by atoms with E-state index in [4.69, 9.17) is 19.8 Å². The molecule has 80 valence electrons. The van der Waals surface area contributed by atoms with Gasteiger partial charge in [0.1, 0.15) is 5.78 Å². The molecule has 0 bridgehead atoms. The summed E-state index contributed by atoms with van der Waals surface area (Å²) in [5.41, 5.74) is 0. The number of ketones is 1. The highest BCUT2D eigenvalue weighted by Crippen LogP contribution is 1.50. The molecule has 0 aliphatic rings. The van der Waals surface area contributed by atoms with Crippen LogP contribution in [0.25, 0.3) is 0 Å². The summed E-state index contributed by atoms with van der Waals surface area (Å²) in [6.45, 7) is 5.22. The molecule has 0 radical (unpaired) electrons. The van der Waals surface area contributed by atoms with E-state index in [0.717, 1.165) is 13.8 Å². The lowest BCUT2D eigenvalue weighted by Crippen LogP contribution is -1.78. The van der Waals surface area contributed by atoms with Crippen LogP contribution in [0, 0.1) is 0 Å². The monoisotopic (exact) mass is 196 g/mol. The number of Topliss-reactive ketones (excluding diaryl/α,β-unsaturated/α-hetero) is 1. The highest BCUT2D eigenvalue weighted by Gasteiger charge is 1.66. The average molecular weight is 196 g/mol. The van der Waals surface area contributed by atoms with Crippen LogP contribution in [0.2, 0.25) is 0 Å². The van der Waals surface area contributed by atoms with Gasteiger partial charge in [-0.3, -0.25) is 9.59 Å². The van der Waals surface area contributed by atoms with E-state index in [1.54, 1.807) is 0 Å². The topological polar surface area (TPSA) is 123 Å². The average Bonchev–Trinajstić information content (AvgIpc) is 1.54. The lowest BCUT2D eigenvalue weighted by molar-refractivity contribution is -0.135. The molecule has 0 atom stereocenters. The number of carboxylic acid groups (broad SMARTS) is 2. The molecule has 4 N–H and O–H groups in total. The van der Waals surface area contributed by atoms with Crippen LogP contribution in [0.15, 0.2) is 0 Å². The Kier molecular flexibility index (Phi) is 29.3. The maximum absolute atomic E-state index is 9.44. The zero-order chi connectivity index (χ0) is 10.7. The molecule has 0 fully saturated rings. The second-order valence-electron chi connectivity index (χ2n) is 1.95. The summed E-state index contributed by atoms with van der Waals surface area (Å²) >= 11 is 0. The van der Waals surface area contributed by atoms with E-state index in [0.29, 0.717) is 0 Å². The molecule has 0 saturated carbocycles. The van der Waals surface area contributed by atoms with Crippen LogP contribution >= 0.6 is 0 Å². The fourth-order valence-corrected chi connectivity index (χ4v) is 0.